The van der Waals surface area contributed by atoms with E-state index in [1.54, 1.807) is 0 Å². The SMILES string of the molecule is O=C1C[C@@H]2CN[C@@H](C(=O)O)[C@@H]12. The van der Waals surface area contributed by atoms with Gasteiger partial charge in [-0.3, -0.25) is 9.59 Å². The Hall–Kier alpha value is -0.900. The third-order valence-corrected chi connectivity index (χ3v) is 2.57. The fraction of sp³-hybridized carbons (Fsp3) is 0.714. The van der Waals surface area contributed by atoms with Crippen molar-refractivity contribution in [3.63, 3.8) is 0 Å². The number of carbonyl (C=O) groups excluding carboxylic acids is 1. The molecule has 1 saturated heterocycles. The van der Waals surface area contributed by atoms with Crippen LogP contribution in [-0.4, -0.2) is 29.4 Å². The van der Waals surface area contributed by atoms with Gasteiger partial charge in [0.15, 0.2) is 0 Å². The summed E-state index contributed by atoms with van der Waals surface area (Å²) in [5.41, 5.74) is 0. The molecule has 0 bridgehead atoms. The highest BCUT2D eigenvalue weighted by Crippen LogP contribution is 2.37. The average molecular weight is 155 g/mol. The second kappa shape index (κ2) is 2.04. The highest BCUT2D eigenvalue weighted by molar-refractivity contribution is 5.94. The molecule has 0 spiro atoms. The van der Waals surface area contributed by atoms with E-state index in [2.05, 4.69) is 5.32 Å². The van der Waals surface area contributed by atoms with Gasteiger partial charge < -0.3 is 10.4 Å². The van der Waals surface area contributed by atoms with E-state index in [1.807, 2.05) is 0 Å². The minimum atomic E-state index is -0.898. The summed E-state index contributed by atoms with van der Waals surface area (Å²) in [6.07, 6.45) is 0.571. The van der Waals surface area contributed by atoms with Crippen molar-refractivity contribution in [1.82, 2.24) is 5.32 Å². The Bertz CT molecular complexity index is 218. The monoisotopic (exact) mass is 155 g/mol. The molecule has 0 aromatic rings. The summed E-state index contributed by atoms with van der Waals surface area (Å²) in [6.45, 7) is 0.688. The molecule has 2 rings (SSSR count). The number of aliphatic carboxylic acids is 1. The first-order valence-electron chi connectivity index (χ1n) is 3.69. The lowest BCUT2D eigenvalue weighted by Gasteiger charge is -2.29. The molecule has 1 aliphatic heterocycles. The number of rotatable bonds is 1. The zero-order chi connectivity index (χ0) is 8.01. The topological polar surface area (TPSA) is 66.4 Å². The second-order valence-corrected chi connectivity index (χ2v) is 3.18. The second-order valence-electron chi connectivity index (χ2n) is 3.18. The van der Waals surface area contributed by atoms with Crippen LogP contribution < -0.4 is 5.32 Å². The Morgan fingerprint density at radius 1 is 1.64 bits per heavy atom. The Kier molecular flexibility index (Phi) is 1.26. The van der Waals surface area contributed by atoms with Crippen molar-refractivity contribution in [2.45, 2.75) is 12.5 Å². The predicted molar refractivity (Wildman–Crippen MR) is 36.0 cm³/mol. The number of hydrogen-bond acceptors (Lipinski definition) is 3. The molecule has 0 radical (unpaired) electrons. The van der Waals surface area contributed by atoms with Gasteiger partial charge in [0.2, 0.25) is 0 Å². The lowest BCUT2D eigenvalue weighted by molar-refractivity contribution is -0.146. The molecular weight excluding hydrogens is 146 g/mol. The molecule has 4 nitrogen and oxygen atoms in total. The van der Waals surface area contributed by atoms with E-state index in [4.69, 9.17) is 5.11 Å². The third kappa shape index (κ3) is 0.790. The first kappa shape index (κ1) is 6.79. The summed E-state index contributed by atoms with van der Waals surface area (Å²) in [6, 6.07) is -0.610. The molecule has 1 heterocycles. The maximum atomic E-state index is 10.9. The lowest BCUT2D eigenvalue weighted by atomic mass is 9.72. The van der Waals surface area contributed by atoms with E-state index in [1.165, 1.54) is 0 Å². The van der Waals surface area contributed by atoms with Crippen molar-refractivity contribution >= 4 is 11.8 Å². The number of Topliss-reactive ketones (excluding diaryl/α,β-unsaturated/α-hetero) is 1. The van der Waals surface area contributed by atoms with Crippen LogP contribution in [0.1, 0.15) is 6.42 Å². The van der Waals surface area contributed by atoms with Crippen LogP contribution in [0, 0.1) is 11.8 Å². The third-order valence-electron chi connectivity index (χ3n) is 2.57. The molecule has 11 heavy (non-hydrogen) atoms. The molecule has 3 atom stereocenters. The van der Waals surface area contributed by atoms with Gasteiger partial charge in [-0.15, -0.1) is 0 Å². The zero-order valence-electron chi connectivity index (χ0n) is 5.91. The Morgan fingerprint density at radius 2 is 2.36 bits per heavy atom. The Balaban J connectivity index is 2.14. The first-order chi connectivity index (χ1) is 5.20. The molecule has 0 amide bonds. The maximum Gasteiger partial charge on any atom is 0.321 e. The molecule has 2 N–H and O–H groups in total. The number of carbonyl (C=O) groups is 2. The number of hydrogen-bond donors (Lipinski definition) is 2. The molecule has 4 heteroatoms. The summed E-state index contributed by atoms with van der Waals surface area (Å²) in [5, 5.41) is 11.5. The summed E-state index contributed by atoms with van der Waals surface area (Å²) >= 11 is 0. The minimum absolute atomic E-state index is 0.104. The van der Waals surface area contributed by atoms with Crippen molar-refractivity contribution in [2.24, 2.45) is 11.8 Å². The van der Waals surface area contributed by atoms with Crippen LogP contribution in [0.3, 0.4) is 0 Å². The van der Waals surface area contributed by atoms with E-state index < -0.39 is 12.0 Å². The smallest absolute Gasteiger partial charge is 0.321 e. The zero-order valence-corrected chi connectivity index (χ0v) is 5.91. The minimum Gasteiger partial charge on any atom is -0.480 e. The summed E-state index contributed by atoms with van der Waals surface area (Å²) in [7, 11) is 0. The highest BCUT2D eigenvalue weighted by Gasteiger charge is 2.51. The Morgan fingerprint density at radius 3 is 2.82 bits per heavy atom. The van der Waals surface area contributed by atoms with Gasteiger partial charge in [-0.2, -0.15) is 0 Å². The first-order valence-corrected chi connectivity index (χ1v) is 3.69. The molecule has 0 aromatic heterocycles. The largest absolute Gasteiger partial charge is 0.480 e. The van der Waals surface area contributed by atoms with Gasteiger partial charge in [0.25, 0.3) is 0 Å². The van der Waals surface area contributed by atoms with Crippen LogP contribution in [0.25, 0.3) is 0 Å². The van der Waals surface area contributed by atoms with Gasteiger partial charge in [-0.25, -0.2) is 0 Å². The van der Waals surface area contributed by atoms with Crippen LogP contribution in [0.5, 0.6) is 0 Å². The van der Waals surface area contributed by atoms with E-state index in [9.17, 15) is 9.59 Å². The van der Waals surface area contributed by atoms with Gasteiger partial charge in [0.1, 0.15) is 11.8 Å². The van der Waals surface area contributed by atoms with Crippen molar-refractivity contribution in [2.75, 3.05) is 6.54 Å². The molecule has 2 aliphatic rings. The van der Waals surface area contributed by atoms with E-state index in [0.29, 0.717) is 18.9 Å². The molecule has 0 aromatic carbocycles. The average Bonchev–Trinajstić information content (AvgIpc) is 2.25. The summed E-state index contributed by atoms with van der Waals surface area (Å²) < 4.78 is 0. The van der Waals surface area contributed by atoms with Crippen molar-refractivity contribution in [3.05, 3.63) is 0 Å². The number of carboxylic acid groups (broad SMARTS) is 1. The normalized spacial score (nSPS) is 41.5. The Labute approximate surface area is 63.6 Å². The number of nitrogens with one attached hydrogen (secondary N) is 1. The van der Waals surface area contributed by atoms with Gasteiger partial charge in [-0.1, -0.05) is 0 Å². The molecule has 2 fully saturated rings. The fourth-order valence-corrected chi connectivity index (χ4v) is 1.93. The highest BCUT2D eigenvalue weighted by atomic mass is 16.4. The molecule has 0 unspecified atom stereocenters. The van der Waals surface area contributed by atoms with Crippen molar-refractivity contribution < 1.29 is 14.7 Å². The van der Waals surface area contributed by atoms with Gasteiger partial charge in [0.05, 0.1) is 0 Å². The lowest BCUT2D eigenvalue weighted by Crippen LogP contribution is -2.44. The quantitative estimate of drug-likeness (QED) is 0.522. The van der Waals surface area contributed by atoms with Crippen LogP contribution in [-0.2, 0) is 9.59 Å². The van der Waals surface area contributed by atoms with Crippen LogP contribution in [0.2, 0.25) is 0 Å². The molecule has 1 aliphatic carbocycles. The standard InChI is InChI=1S/C7H9NO3/c9-4-1-3-2-8-6(5(3)4)7(10)11/h3,5-6,8H,1-2H2,(H,10,11)/t3-,5-,6-/m1/s1. The maximum absolute atomic E-state index is 10.9. The predicted octanol–water partition coefficient (Wildman–Crippen LogP) is -0.752. The summed E-state index contributed by atoms with van der Waals surface area (Å²) in [4.78, 5) is 21.4. The van der Waals surface area contributed by atoms with Crippen molar-refractivity contribution in [1.29, 1.82) is 0 Å². The number of carboxylic acids is 1. The van der Waals surface area contributed by atoms with Crippen LogP contribution in [0.15, 0.2) is 0 Å². The van der Waals surface area contributed by atoms with E-state index >= 15 is 0 Å². The van der Waals surface area contributed by atoms with Gasteiger partial charge in [-0.05, 0) is 12.5 Å². The molecule has 1 saturated carbocycles. The van der Waals surface area contributed by atoms with E-state index in [0.717, 1.165) is 0 Å². The molecule has 60 valence electrons. The van der Waals surface area contributed by atoms with Crippen LogP contribution in [0.4, 0.5) is 0 Å². The molecular formula is C7H9NO3. The van der Waals surface area contributed by atoms with Gasteiger partial charge >= 0.3 is 5.97 Å². The van der Waals surface area contributed by atoms with Crippen LogP contribution >= 0.6 is 0 Å². The van der Waals surface area contributed by atoms with Crippen molar-refractivity contribution in [3.8, 4) is 0 Å². The number of ketones is 1. The number of fused-ring (bicyclic) bond motifs is 1. The summed E-state index contributed by atoms with van der Waals surface area (Å²) in [5.74, 6) is -0.728. The van der Waals surface area contributed by atoms with Gasteiger partial charge in [0, 0.05) is 12.3 Å². The van der Waals surface area contributed by atoms with E-state index in [-0.39, 0.29) is 11.7 Å². The fourth-order valence-electron chi connectivity index (χ4n) is 1.93.